The van der Waals surface area contributed by atoms with Crippen molar-refractivity contribution in [2.75, 3.05) is 24.5 Å². The topological polar surface area (TPSA) is 82.3 Å². The number of aromatic nitrogens is 2. The number of nitriles is 1. The molecule has 1 aliphatic rings. The Morgan fingerprint density at radius 3 is 2.56 bits per heavy atom. The molecule has 3 aromatic carbocycles. The molecule has 1 atom stereocenters. The minimum absolute atomic E-state index is 0.0484. The maximum atomic E-state index is 16.2. The van der Waals surface area contributed by atoms with E-state index in [-0.39, 0.29) is 36.4 Å². The van der Waals surface area contributed by atoms with Gasteiger partial charge in [-0.3, -0.25) is 0 Å². The van der Waals surface area contributed by atoms with Crippen LogP contribution in [-0.2, 0) is 4.74 Å². The van der Waals surface area contributed by atoms with Crippen LogP contribution in [-0.4, -0.2) is 78.0 Å². The first-order valence-electron chi connectivity index (χ1n) is 13.1. The number of amides is 1. The van der Waals surface area contributed by atoms with Crippen molar-refractivity contribution in [1.82, 2.24) is 14.9 Å². The monoisotopic (exact) mass is 743 g/mol. The minimum Gasteiger partial charge on any atom is -0.198 e. The fraction of sp³-hybridized carbons (Fsp3) is 0.290. The molecule has 1 aromatic heterocycles. The summed E-state index contributed by atoms with van der Waals surface area (Å²) in [7, 11) is 0. The van der Waals surface area contributed by atoms with Gasteiger partial charge in [0.15, 0.2) is 0 Å². The number of fused-ring (bicyclic) bond motifs is 2. The fourth-order valence-corrected chi connectivity index (χ4v) is 5.81. The average Bonchev–Trinajstić information content (AvgIpc) is 2.92. The van der Waals surface area contributed by atoms with Crippen LogP contribution in [0.1, 0.15) is 32.8 Å². The van der Waals surface area contributed by atoms with E-state index < -0.39 is 29.6 Å². The number of ether oxygens (including phenoxy) is 1. The molecule has 0 N–H and O–H groups in total. The van der Waals surface area contributed by atoms with Gasteiger partial charge in [0.1, 0.15) is 5.60 Å². The minimum atomic E-state index is -1.06. The molecule has 5 rings (SSSR count). The standard InChI is InChI=1S/C31H26F2N5O2.Tl/c1-5-19-8-6-9-20-10-7-11-22(25(19)20)23-12-13-24-27(26(23)32)35-29(33)36-28(24)37-16-17-38(21(18-37)14-15-34)30(39)40-31(2,3)4;/h6-13,21H,14,16-18H2,2-4H3;/t21-;/m0./s1. The predicted octanol–water partition coefficient (Wildman–Crippen LogP) is 5.55. The van der Waals surface area contributed by atoms with E-state index in [4.69, 9.17) is 4.74 Å². The summed E-state index contributed by atoms with van der Waals surface area (Å²) in [5.74, 6) is 2.72. The Balaban J connectivity index is 1.57. The van der Waals surface area contributed by atoms with Crippen LogP contribution >= 0.6 is 0 Å². The van der Waals surface area contributed by atoms with Crippen LogP contribution in [0.5, 0.6) is 0 Å². The molecule has 4 aromatic rings. The van der Waals surface area contributed by atoms with Gasteiger partial charge in [0.25, 0.3) is 0 Å². The summed E-state index contributed by atoms with van der Waals surface area (Å²) in [5, 5.41) is 11.5. The Morgan fingerprint density at radius 2 is 1.85 bits per heavy atom. The number of carbonyl (C=O) groups excluding carboxylic acids is 1. The SMILES string of the molecule is CC(C)(C)OC(=O)N1CCN(c2nc(F)nc3c(F)c(-c4cccc5cccc(C#[C][Tl])c45)ccc23)C[C@@H]1CC#N. The number of piperazine rings is 1. The summed E-state index contributed by atoms with van der Waals surface area (Å²) in [5.41, 5.74) is 0.908. The molecule has 0 radical (unpaired) electrons. The van der Waals surface area contributed by atoms with Crippen molar-refractivity contribution in [3.8, 4) is 26.6 Å². The van der Waals surface area contributed by atoms with Crippen LogP contribution in [0.25, 0.3) is 32.8 Å². The van der Waals surface area contributed by atoms with Gasteiger partial charge in [-0.05, 0) is 20.8 Å². The Kier molecular flexibility index (Phi) is 8.09. The van der Waals surface area contributed by atoms with Crippen LogP contribution in [0.3, 0.4) is 0 Å². The van der Waals surface area contributed by atoms with Crippen molar-refractivity contribution in [2.45, 2.75) is 38.8 Å². The van der Waals surface area contributed by atoms with Gasteiger partial charge in [-0.15, -0.1) is 0 Å². The summed E-state index contributed by atoms with van der Waals surface area (Å²) in [6, 6.07) is 16.4. The Hall–Kier alpha value is -3.84. The Bertz CT molecular complexity index is 1770. The average molecular weight is 743 g/mol. The van der Waals surface area contributed by atoms with E-state index in [0.717, 1.165) is 16.3 Å². The first kappa shape index (κ1) is 28.7. The second-order valence-electron chi connectivity index (χ2n) is 10.8. The second kappa shape index (κ2) is 11.6. The maximum absolute atomic E-state index is 16.2. The molecular formula is C31H26F2N5O2Tl. The summed E-state index contributed by atoms with van der Waals surface area (Å²) < 4.78 is 39.7. The van der Waals surface area contributed by atoms with E-state index in [1.54, 1.807) is 37.8 Å². The molecule has 1 amide bonds. The normalized spacial score (nSPS) is 15.3. The molecule has 0 spiro atoms. The van der Waals surface area contributed by atoms with Crippen molar-refractivity contribution < 1.29 is 18.3 Å². The van der Waals surface area contributed by atoms with Crippen molar-refractivity contribution >= 4 is 59.4 Å². The van der Waals surface area contributed by atoms with E-state index in [2.05, 4.69) is 25.4 Å². The number of benzene rings is 3. The van der Waals surface area contributed by atoms with E-state index in [0.29, 0.717) is 43.3 Å². The van der Waals surface area contributed by atoms with Crippen molar-refractivity contribution in [1.29, 1.82) is 5.26 Å². The third kappa shape index (κ3) is 5.82. The van der Waals surface area contributed by atoms with Crippen LogP contribution < -0.4 is 4.90 Å². The zero-order valence-electron chi connectivity index (χ0n) is 22.9. The van der Waals surface area contributed by atoms with Crippen molar-refractivity contribution in [2.24, 2.45) is 0 Å². The number of carbonyl (C=O) groups is 1. The molecule has 0 aliphatic carbocycles. The van der Waals surface area contributed by atoms with Gasteiger partial charge in [-0.2, -0.15) is 5.26 Å². The zero-order chi connectivity index (χ0) is 29.3. The van der Waals surface area contributed by atoms with Crippen LogP contribution in [0.4, 0.5) is 19.4 Å². The second-order valence-corrected chi connectivity index (χ2v) is 11.9. The first-order valence-corrected chi connectivity index (χ1v) is 15.4. The van der Waals surface area contributed by atoms with E-state index in [1.807, 2.05) is 36.4 Å². The van der Waals surface area contributed by atoms with Crippen molar-refractivity contribution in [3.05, 3.63) is 66.0 Å². The van der Waals surface area contributed by atoms with Crippen molar-refractivity contribution in [3.63, 3.8) is 0 Å². The molecule has 0 saturated carbocycles. The van der Waals surface area contributed by atoms with Crippen LogP contribution in [0.2, 0.25) is 0 Å². The summed E-state index contributed by atoms with van der Waals surface area (Å²) in [6.45, 7) is 6.05. The molecule has 41 heavy (non-hydrogen) atoms. The zero-order valence-corrected chi connectivity index (χ0v) is 27.4. The predicted molar refractivity (Wildman–Crippen MR) is 154 cm³/mol. The molecule has 204 valence electrons. The third-order valence-electron chi connectivity index (χ3n) is 6.90. The molecule has 1 aliphatic heterocycles. The molecule has 7 nitrogen and oxygen atoms in total. The molecule has 0 unspecified atom stereocenters. The molecular weight excluding hydrogens is 717 g/mol. The van der Waals surface area contributed by atoms with Gasteiger partial charge >= 0.3 is 183 Å². The third-order valence-corrected chi connectivity index (χ3v) is 7.46. The molecule has 2 heterocycles. The van der Waals surface area contributed by atoms with Gasteiger partial charge < -0.3 is 9.64 Å². The summed E-state index contributed by atoms with van der Waals surface area (Å²) in [4.78, 5) is 24.0. The molecule has 1 saturated heterocycles. The van der Waals surface area contributed by atoms with Gasteiger partial charge in [0.05, 0.1) is 18.5 Å². The van der Waals surface area contributed by atoms with Gasteiger partial charge in [0, 0.05) is 6.54 Å². The molecule has 0 bridgehead atoms. The van der Waals surface area contributed by atoms with Gasteiger partial charge in [0.2, 0.25) is 0 Å². The number of rotatable bonds is 3. The summed E-state index contributed by atoms with van der Waals surface area (Å²) >= 11 is 0.497. The Labute approximate surface area is 252 Å². The Morgan fingerprint density at radius 1 is 1.10 bits per heavy atom. The van der Waals surface area contributed by atoms with Crippen LogP contribution in [0.15, 0.2) is 48.5 Å². The quantitative estimate of drug-likeness (QED) is 0.156. The fourth-order valence-electron chi connectivity index (χ4n) is 5.20. The van der Waals surface area contributed by atoms with Crippen LogP contribution in [0, 0.1) is 32.6 Å². The number of hydrogen-bond acceptors (Lipinski definition) is 6. The van der Waals surface area contributed by atoms with Gasteiger partial charge in [-0.1, -0.05) is 0 Å². The number of nitrogens with zero attached hydrogens (tertiary/aromatic N) is 5. The van der Waals surface area contributed by atoms with Gasteiger partial charge in [-0.25, -0.2) is 4.79 Å². The molecule has 10 heteroatoms. The smallest absolute Gasteiger partial charge is 0.198 e. The number of hydrogen-bond donors (Lipinski definition) is 0. The van der Waals surface area contributed by atoms with E-state index in [9.17, 15) is 14.4 Å². The van der Waals surface area contributed by atoms with E-state index in [1.165, 1.54) is 4.90 Å². The number of anilines is 1. The summed E-state index contributed by atoms with van der Waals surface area (Å²) in [6.07, 6.45) is -1.53. The first-order chi connectivity index (χ1) is 19.6. The number of halogens is 2. The molecule has 1 fully saturated rings. The van der Waals surface area contributed by atoms with E-state index >= 15 is 4.39 Å².